The number of nitrogens with zero attached hydrogens (tertiary/aromatic N) is 1. The lowest BCUT2D eigenvalue weighted by Gasteiger charge is -2.42. The van der Waals surface area contributed by atoms with Crippen LogP contribution in [0.4, 0.5) is 5.00 Å². The molecular weight excluding hydrogens is 566 g/mol. The van der Waals surface area contributed by atoms with Gasteiger partial charge in [0.1, 0.15) is 0 Å². The van der Waals surface area contributed by atoms with Crippen LogP contribution in [0.25, 0.3) is 17.3 Å². The first kappa shape index (κ1) is 30.1. The van der Waals surface area contributed by atoms with E-state index in [2.05, 4.69) is 29.5 Å². The number of aryl methyl sites for hydroxylation is 1. The van der Waals surface area contributed by atoms with E-state index in [0.717, 1.165) is 27.6 Å². The molecule has 2 nitrogen and oxygen atoms in total. The number of hydrogen-bond donors (Lipinski definition) is 1. The van der Waals surface area contributed by atoms with Gasteiger partial charge in [-0.15, -0.1) is 11.3 Å². The maximum atomic E-state index is 7.26. The Balaban J connectivity index is 1.40. The molecule has 4 fully saturated rings. The van der Waals surface area contributed by atoms with Crippen molar-refractivity contribution in [2.75, 3.05) is 5.73 Å². The highest BCUT2D eigenvalue weighted by atomic mass is 32.1. The van der Waals surface area contributed by atoms with Crippen LogP contribution < -0.4 is 11.0 Å². The predicted octanol–water partition coefficient (Wildman–Crippen LogP) is 11.7. The summed E-state index contributed by atoms with van der Waals surface area (Å²) in [6, 6.07) is 2.66. The van der Waals surface area contributed by atoms with E-state index in [-0.39, 0.29) is 16.0 Å². The second-order valence-corrected chi connectivity index (χ2v) is 21.0. The molecule has 2 aromatic heterocycles. The van der Waals surface area contributed by atoms with E-state index in [1.54, 1.807) is 27.1 Å². The topological polar surface area (TPSA) is 30.9 Å². The lowest BCUT2D eigenvalue weighted by Crippen LogP contribution is -2.28. The van der Waals surface area contributed by atoms with E-state index in [9.17, 15) is 0 Å². The van der Waals surface area contributed by atoms with Crippen LogP contribution in [0.2, 0.25) is 0 Å². The van der Waals surface area contributed by atoms with E-state index in [0.29, 0.717) is 0 Å². The van der Waals surface area contributed by atoms with E-state index < -0.39 is 0 Å². The Kier molecular flexibility index (Phi) is 9.87. The Morgan fingerprint density at radius 1 is 0.714 bits per heavy atom. The van der Waals surface area contributed by atoms with E-state index in [1.807, 2.05) is 11.3 Å². The standard InChI is InChI=1S/C37H56N2P2S/c1-27-36(40(29-17-6-2-7-18-29)30-19-8-3-9-20-30)35(37(38)42-27)34-26-28-16-14-15-25-33(28)39(34)41(31-21-10-4-11-22-31)32-23-12-5-13-24-32/h14,16,26,29-32H,2-13,15,17-25,38H2,1H3. The summed E-state index contributed by atoms with van der Waals surface area (Å²) in [7, 11) is -0.423. The third kappa shape index (κ3) is 5.99. The summed E-state index contributed by atoms with van der Waals surface area (Å²) in [6.07, 6.45) is 36.5. The van der Waals surface area contributed by atoms with Crippen molar-refractivity contribution in [2.45, 2.75) is 171 Å². The molecule has 2 heterocycles. The zero-order chi connectivity index (χ0) is 28.5. The van der Waals surface area contributed by atoms with Crippen LogP contribution in [0, 0.1) is 6.92 Å². The molecule has 0 aliphatic heterocycles. The Bertz CT molecular complexity index is 1180. The van der Waals surface area contributed by atoms with Crippen molar-refractivity contribution < 1.29 is 0 Å². The third-order valence-electron chi connectivity index (χ3n) is 11.6. The first-order valence-electron chi connectivity index (χ1n) is 18.1. The molecule has 7 rings (SSSR count). The summed E-state index contributed by atoms with van der Waals surface area (Å²) < 4.78 is 3.08. The highest BCUT2D eigenvalue weighted by molar-refractivity contribution is 7.68. The van der Waals surface area contributed by atoms with Crippen LogP contribution in [0.1, 0.15) is 151 Å². The average molecular weight is 623 g/mol. The molecule has 5 aliphatic rings. The summed E-state index contributed by atoms with van der Waals surface area (Å²) in [5.41, 5.74) is 17.2. The Labute approximate surface area is 263 Å². The molecule has 0 amide bonds. The third-order valence-corrected chi connectivity index (χ3v) is 19.8. The second kappa shape index (κ2) is 13.8. The van der Waals surface area contributed by atoms with Crippen molar-refractivity contribution in [3.8, 4) is 11.3 Å². The number of hydrogen-bond acceptors (Lipinski definition) is 2. The zero-order valence-electron chi connectivity index (χ0n) is 26.4. The molecule has 5 aliphatic carbocycles. The van der Waals surface area contributed by atoms with Gasteiger partial charge in [-0.1, -0.05) is 97.1 Å². The number of rotatable bonds is 7. The number of nitrogen functional groups attached to an aromatic ring is 1. The van der Waals surface area contributed by atoms with Crippen LogP contribution in [0.15, 0.2) is 12.1 Å². The summed E-state index contributed by atoms with van der Waals surface area (Å²) in [5, 5.41) is 2.93. The van der Waals surface area contributed by atoms with Crippen LogP contribution in [0.5, 0.6) is 0 Å². The molecule has 0 atom stereocenters. The summed E-state index contributed by atoms with van der Waals surface area (Å²) in [6.45, 7) is 2.46. The number of aromatic nitrogens is 1. The van der Waals surface area contributed by atoms with Crippen molar-refractivity contribution in [1.29, 1.82) is 0 Å². The quantitative estimate of drug-likeness (QED) is 0.306. The van der Waals surface area contributed by atoms with Gasteiger partial charge in [-0.25, -0.2) is 0 Å². The molecule has 0 aromatic carbocycles. The number of fused-ring (bicyclic) bond motifs is 1. The first-order valence-corrected chi connectivity index (χ1v) is 21.8. The minimum Gasteiger partial charge on any atom is -0.390 e. The molecule has 0 radical (unpaired) electrons. The van der Waals surface area contributed by atoms with Gasteiger partial charge in [0.15, 0.2) is 0 Å². The van der Waals surface area contributed by atoms with Crippen LogP contribution in [-0.4, -0.2) is 27.0 Å². The van der Waals surface area contributed by atoms with E-state index >= 15 is 0 Å². The van der Waals surface area contributed by atoms with Gasteiger partial charge in [-0.2, -0.15) is 0 Å². The van der Waals surface area contributed by atoms with Crippen LogP contribution in [-0.2, 0) is 6.42 Å². The fourth-order valence-electron chi connectivity index (χ4n) is 9.64. The fourth-order valence-corrected chi connectivity index (χ4v) is 19.0. The van der Waals surface area contributed by atoms with Gasteiger partial charge in [0, 0.05) is 29.5 Å². The molecule has 2 aromatic rings. The fraction of sp³-hybridized carbons (Fsp3) is 0.730. The Morgan fingerprint density at radius 3 is 1.74 bits per heavy atom. The van der Waals surface area contributed by atoms with Crippen molar-refractivity contribution in [2.24, 2.45) is 0 Å². The molecule has 0 bridgehead atoms. The highest BCUT2D eigenvalue weighted by Crippen LogP contribution is 2.62. The maximum absolute atomic E-state index is 7.26. The second-order valence-electron chi connectivity index (χ2n) is 14.4. The molecule has 5 heteroatoms. The first-order chi connectivity index (χ1) is 20.7. The van der Waals surface area contributed by atoms with Crippen molar-refractivity contribution in [3.05, 3.63) is 28.3 Å². The highest BCUT2D eigenvalue weighted by Gasteiger charge is 2.40. The van der Waals surface area contributed by atoms with Crippen LogP contribution >= 0.6 is 27.3 Å². The predicted molar refractivity (Wildman–Crippen MR) is 191 cm³/mol. The Hall–Kier alpha value is -0.620. The largest absolute Gasteiger partial charge is 0.390 e. The monoisotopic (exact) mass is 622 g/mol. The van der Waals surface area contributed by atoms with Gasteiger partial charge in [0.2, 0.25) is 0 Å². The number of allylic oxidation sites excluding steroid dienone is 1. The van der Waals surface area contributed by atoms with Crippen molar-refractivity contribution in [1.82, 2.24) is 4.34 Å². The molecule has 0 spiro atoms. The lowest BCUT2D eigenvalue weighted by molar-refractivity contribution is 0.481. The van der Waals surface area contributed by atoms with E-state index in [4.69, 9.17) is 5.73 Å². The van der Waals surface area contributed by atoms with Crippen molar-refractivity contribution >= 4 is 43.7 Å². The molecule has 42 heavy (non-hydrogen) atoms. The minimum atomic E-state index is -0.239. The molecule has 4 saturated carbocycles. The van der Waals surface area contributed by atoms with Gasteiger partial charge in [0.05, 0.1) is 10.7 Å². The zero-order valence-corrected chi connectivity index (χ0v) is 29.0. The lowest BCUT2D eigenvalue weighted by atomic mass is 9.99. The van der Waals surface area contributed by atoms with Crippen LogP contribution in [0.3, 0.4) is 0 Å². The maximum Gasteiger partial charge on any atom is 0.0960 e. The normalized spacial score (nSPS) is 23.7. The number of anilines is 1. The molecule has 230 valence electrons. The Morgan fingerprint density at radius 2 is 1.21 bits per heavy atom. The summed E-state index contributed by atoms with van der Waals surface area (Å²) >= 11 is 1.95. The van der Waals surface area contributed by atoms with Gasteiger partial charge < -0.3 is 10.1 Å². The van der Waals surface area contributed by atoms with Gasteiger partial charge in [-0.3, -0.25) is 0 Å². The SMILES string of the molecule is Cc1sc(N)c(-c2cc3c(n2P(C2CCCCC2)C2CCCCC2)CCC=C3)c1P(C1CCCCC1)C1CCCCC1. The molecule has 0 saturated heterocycles. The molecular formula is C37H56N2P2S. The summed E-state index contributed by atoms with van der Waals surface area (Å²) in [4.78, 5) is 1.57. The van der Waals surface area contributed by atoms with Gasteiger partial charge in [-0.05, 0) is 105 Å². The van der Waals surface area contributed by atoms with Gasteiger partial charge in [0.25, 0.3) is 0 Å². The minimum absolute atomic E-state index is 0.184. The number of nitrogens with two attached hydrogens (primary N) is 1. The molecule has 2 N–H and O–H groups in total. The van der Waals surface area contributed by atoms with Gasteiger partial charge >= 0.3 is 0 Å². The summed E-state index contributed by atoms with van der Waals surface area (Å²) in [5.74, 6) is 0. The smallest absolute Gasteiger partial charge is 0.0960 e. The molecule has 0 unspecified atom stereocenters. The average Bonchev–Trinajstić information content (AvgIpc) is 3.55. The van der Waals surface area contributed by atoms with E-state index in [1.165, 1.54) is 147 Å². The number of thiophene rings is 1. The van der Waals surface area contributed by atoms with Crippen molar-refractivity contribution in [3.63, 3.8) is 0 Å².